The van der Waals surface area contributed by atoms with Crippen molar-refractivity contribution in [3.05, 3.63) is 95.9 Å². The normalized spacial score (nSPS) is 20.9. The molecule has 1 saturated heterocycles. The van der Waals surface area contributed by atoms with E-state index in [1.54, 1.807) is 6.26 Å². The van der Waals surface area contributed by atoms with Gasteiger partial charge >= 0.3 is 0 Å². The highest BCUT2D eigenvalue weighted by molar-refractivity contribution is 5.23. The smallest absolute Gasteiger partial charge is 0.117 e. The molecule has 134 valence electrons. The van der Waals surface area contributed by atoms with Gasteiger partial charge in [0.2, 0.25) is 0 Å². The zero-order chi connectivity index (χ0) is 17.6. The molecule has 0 radical (unpaired) electrons. The fraction of sp³-hybridized carbons (Fsp3) is 0.304. The van der Waals surface area contributed by atoms with Gasteiger partial charge in [-0.15, -0.1) is 0 Å². The first kappa shape index (κ1) is 17.1. The highest BCUT2D eigenvalue weighted by atomic mass is 16.3. The summed E-state index contributed by atoms with van der Waals surface area (Å²) in [5.74, 6) is 1.49. The van der Waals surface area contributed by atoms with Crippen molar-refractivity contribution in [2.45, 2.75) is 31.5 Å². The van der Waals surface area contributed by atoms with Crippen LogP contribution in [0.1, 0.15) is 29.2 Å². The van der Waals surface area contributed by atoms with Gasteiger partial charge in [0.15, 0.2) is 0 Å². The molecule has 0 unspecified atom stereocenters. The molecule has 0 aliphatic carbocycles. The average Bonchev–Trinajstić information content (AvgIpc) is 3.22. The molecule has 0 bridgehead atoms. The fourth-order valence-electron chi connectivity index (χ4n) is 3.93. The van der Waals surface area contributed by atoms with Gasteiger partial charge in [-0.1, -0.05) is 60.7 Å². The number of nitrogens with one attached hydrogen (secondary N) is 1. The van der Waals surface area contributed by atoms with Crippen LogP contribution in [0.4, 0.5) is 0 Å². The van der Waals surface area contributed by atoms with Crippen molar-refractivity contribution >= 4 is 0 Å². The predicted octanol–water partition coefficient (Wildman–Crippen LogP) is 4.43. The summed E-state index contributed by atoms with van der Waals surface area (Å²) in [4.78, 5) is 2.58. The summed E-state index contributed by atoms with van der Waals surface area (Å²) >= 11 is 0. The van der Waals surface area contributed by atoms with E-state index in [4.69, 9.17) is 4.42 Å². The van der Waals surface area contributed by atoms with Crippen molar-refractivity contribution in [1.29, 1.82) is 0 Å². The van der Waals surface area contributed by atoms with Crippen LogP contribution in [0.5, 0.6) is 0 Å². The molecule has 26 heavy (non-hydrogen) atoms. The molecule has 2 atom stereocenters. The molecule has 3 aromatic rings. The van der Waals surface area contributed by atoms with E-state index in [9.17, 15) is 0 Å². The number of nitrogens with zero attached hydrogens (tertiary/aromatic N) is 1. The highest BCUT2D eigenvalue weighted by Gasteiger charge is 2.30. The van der Waals surface area contributed by atoms with Crippen LogP contribution >= 0.6 is 0 Å². The van der Waals surface area contributed by atoms with E-state index >= 15 is 0 Å². The number of furan rings is 1. The zero-order valence-corrected chi connectivity index (χ0v) is 15.1. The molecule has 1 aromatic heterocycles. The summed E-state index contributed by atoms with van der Waals surface area (Å²) < 4.78 is 5.49. The van der Waals surface area contributed by atoms with Gasteiger partial charge in [-0.25, -0.2) is 0 Å². The van der Waals surface area contributed by atoms with Crippen molar-refractivity contribution < 1.29 is 4.42 Å². The summed E-state index contributed by atoms with van der Waals surface area (Å²) in [5.41, 5.74) is 2.81. The third-order valence-corrected chi connectivity index (χ3v) is 5.29. The summed E-state index contributed by atoms with van der Waals surface area (Å²) in [5, 5.41) is 3.74. The first-order valence-corrected chi connectivity index (χ1v) is 9.45. The second kappa shape index (κ2) is 8.35. The minimum Gasteiger partial charge on any atom is -0.468 e. The van der Waals surface area contributed by atoms with E-state index in [0.717, 1.165) is 38.4 Å². The van der Waals surface area contributed by atoms with E-state index in [2.05, 4.69) is 70.9 Å². The molecule has 0 amide bonds. The largest absolute Gasteiger partial charge is 0.468 e. The minimum absolute atomic E-state index is 0.467. The van der Waals surface area contributed by atoms with Gasteiger partial charge in [0.25, 0.3) is 0 Å². The summed E-state index contributed by atoms with van der Waals surface area (Å²) in [7, 11) is 0. The van der Waals surface area contributed by atoms with Crippen molar-refractivity contribution in [3.63, 3.8) is 0 Å². The second-order valence-corrected chi connectivity index (χ2v) is 7.09. The first-order valence-electron chi connectivity index (χ1n) is 9.45. The van der Waals surface area contributed by atoms with Crippen molar-refractivity contribution in [2.75, 3.05) is 13.1 Å². The fourth-order valence-corrected chi connectivity index (χ4v) is 3.93. The lowest BCUT2D eigenvalue weighted by atomic mass is 9.85. The number of likely N-dealkylation sites (tertiary alicyclic amines) is 1. The van der Waals surface area contributed by atoms with Crippen LogP contribution in [0.25, 0.3) is 0 Å². The lowest BCUT2D eigenvalue weighted by molar-refractivity contribution is 0.165. The quantitative estimate of drug-likeness (QED) is 0.716. The van der Waals surface area contributed by atoms with E-state index in [-0.39, 0.29) is 0 Å². The molecule has 3 nitrogen and oxygen atoms in total. The van der Waals surface area contributed by atoms with Crippen LogP contribution in [-0.4, -0.2) is 24.0 Å². The van der Waals surface area contributed by atoms with Gasteiger partial charge in [0, 0.05) is 31.6 Å². The van der Waals surface area contributed by atoms with Crippen LogP contribution in [0.2, 0.25) is 0 Å². The Morgan fingerprint density at radius 1 is 0.923 bits per heavy atom. The molecule has 2 aromatic carbocycles. The average molecular weight is 346 g/mol. The summed E-state index contributed by atoms with van der Waals surface area (Å²) in [6.07, 6.45) is 2.89. The molecule has 1 aliphatic heterocycles. The Morgan fingerprint density at radius 2 is 1.69 bits per heavy atom. The van der Waals surface area contributed by atoms with Crippen LogP contribution in [0.15, 0.2) is 83.5 Å². The van der Waals surface area contributed by atoms with E-state index in [1.165, 1.54) is 11.1 Å². The van der Waals surface area contributed by atoms with E-state index < -0.39 is 0 Å². The lowest BCUT2D eigenvalue weighted by Crippen LogP contribution is -2.47. The SMILES string of the molecule is c1ccc(CN2CC[C@H](NCc3ccco3)[C@@H](c3ccccc3)C2)cc1. The molecule has 1 N–H and O–H groups in total. The summed E-state index contributed by atoms with van der Waals surface area (Å²) in [6.45, 7) is 4.01. The zero-order valence-electron chi connectivity index (χ0n) is 15.1. The molecule has 4 rings (SSSR count). The van der Waals surface area contributed by atoms with Crippen molar-refractivity contribution in [2.24, 2.45) is 0 Å². The molecule has 1 aliphatic rings. The number of piperidine rings is 1. The Bertz CT molecular complexity index is 770. The van der Waals surface area contributed by atoms with Gasteiger partial charge in [0.05, 0.1) is 12.8 Å². The third-order valence-electron chi connectivity index (χ3n) is 5.29. The molecule has 2 heterocycles. The van der Waals surface area contributed by atoms with Crippen LogP contribution in [-0.2, 0) is 13.1 Å². The second-order valence-electron chi connectivity index (χ2n) is 7.09. The monoisotopic (exact) mass is 346 g/mol. The van der Waals surface area contributed by atoms with Crippen LogP contribution in [0, 0.1) is 0 Å². The van der Waals surface area contributed by atoms with Gasteiger partial charge in [0.1, 0.15) is 5.76 Å². The standard InChI is InChI=1S/C23H26N2O/c1-3-8-19(9-4-1)17-25-14-13-23(24-16-21-12-7-15-26-21)22(18-25)20-10-5-2-6-11-20/h1-12,15,22-24H,13-14,16-18H2/t22-,23+/m1/s1. The van der Waals surface area contributed by atoms with Gasteiger partial charge in [-0.3, -0.25) is 4.90 Å². The maximum atomic E-state index is 5.49. The maximum absolute atomic E-state index is 5.49. The number of hydrogen-bond acceptors (Lipinski definition) is 3. The Labute approximate surface area is 155 Å². The highest BCUT2D eigenvalue weighted by Crippen LogP contribution is 2.28. The Morgan fingerprint density at radius 3 is 2.42 bits per heavy atom. The molecule has 0 spiro atoms. The maximum Gasteiger partial charge on any atom is 0.117 e. The summed E-state index contributed by atoms with van der Waals surface area (Å²) in [6, 6.07) is 26.2. The number of hydrogen-bond donors (Lipinski definition) is 1. The van der Waals surface area contributed by atoms with Crippen LogP contribution in [0.3, 0.4) is 0 Å². The molecule has 1 fully saturated rings. The molecular formula is C23H26N2O. The van der Waals surface area contributed by atoms with Gasteiger partial charge in [-0.2, -0.15) is 0 Å². The Hall–Kier alpha value is -2.36. The van der Waals surface area contributed by atoms with E-state index in [0.29, 0.717) is 12.0 Å². The number of benzene rings is 2. The Balaban J connectivity index is 1.46. The predicted molar refractivity (Wildman–Crippen MR) is 105 cm³/mol. The van der Waals surface area contributed by atoms with Crippen molar-refractivity contribution in [1.82, 2.24) is 10.2 Å². The molecular weight excluding hydrogens is 320 g/mol. The van der Waals surface area contributed by atoms with E-state index in [1.807, 2.05) is 12.1 Å². The first-order chi connectivity index (χ1) is 12.9. The van der Waals surface area contributed by atoms with Gasteiger partial charge < -0.3 is 9.73 Å². The Kier molecular flexibility index (Phi) is 5.48. The lowest BCUT2D eigenvalue weighted by Gasteiger charge is -2.39. The van der Waals surface area contributed by atoms with Gasteiger partial charge in [-0.05, 0) is 29.7 Å². The minimum atomic E-state index is 0.467. The van der Waals surface area contributed by atoms with Crippen molar-refractivity contribution in [3.8, 4) is 0 Å². The number of rotatable bonds is 6. The molecule has 0 saturated carbocycles. The topological polar surface area (TPSA) is 28.4 Å². The third kappa shape index (κ3) is 4.24. The molecule has 3 heteroatoms. The van der Waals surface area contributed by atoms with Crippen LogP contribution < -0.4 is 5.32 Å².